The van der Waals surface area contributed by atoms with Gasteiger partial charge in [-0.25, -0.2) is 19.2 Å². The highest BCUT2D eigenvalue weighted by atomic mass is 16.6. The van der Waals surface area contributed by atoms with Crippen molar-refractivity contribution in [2.45, 2.75) is 78.7 Å². The van der Waals surface area contributed by atoms with E-state index in [-0.39, 0.29) is 11.5 Å². The maximum absolute atomic E-state index is 12.1. The minimum absolute atomic E-state index is 0.188. The predicted octanol–water partition coefficient (Wildman–Crippen LogP) is 3.32. The Kier molecular flexibility index (Phi) is 9.05. The van der Waals surface area contributed by atoms with E-state index in [0.717, 1.165) is 0 Å². The first kappa shape index (κ1) is 26.7. The summed E-state index contributed by atoms with van der Waals surface area (Å²) in [6.45, 7) is 13.2. The molecule has 0 radical (unpaired) electrons. The molecule has 10 nitrogen and oxygen atoms in total. The first-order valence-corrected chi connectivity index (χ1v) is 10.1. The number of rotatable bonds is 6. The third kappa shape index (κ3) is 10.6. The molecule has 178 valence electrons. The van der Waals surface area contributed by atoms with E-state index in [1.54, 1.807) is 41.5 Å². The third-order valence-corrected chi connectivity index (χ3v) is 3.43. The molecule has 0 aliphatic heterocycles. The van der Waals surface area contributed by atoms with Crippen molar-refractivity contribution in [1.29, 1.82) is 0 Å². The van der Waals surface area contributed by atoms with Gasteiger partial charge in [0, 0.05) is 0 Å². The molecule has 0 saturated heterocycles. The Hall–Kier alpha value is -3.30. The van der Waals surface area contributed by atoms with Crippen LogP contribution in [0.3, 0.4) is 0 Å². The summed E-state index contributed by atoms with van der Waals surface area (Å²) in [5.74, 6) is -1.02. The van der Waals surface area contributed by atoms with Crippen LogP contribution in [0.2, 0.25) is 0 Å². The van der Waals surface area contributed by atoms with E-state index >= 15 is 0 Å². The fourth-order valence-corrected chi connectivity index (χ4v) is 2.07. The molecule has 0 aliphatic carbocycles. The molecular formula is C22H32N2O8. The second-order valence-electron chi connectivity index (χ2n) is 9.05. The number of benzene rings is 1. The number of nitrogens with one attached hydrogen (secondary N) is 2. The van der Waals surface area contributed by atoms with E-state index in [9.17, 15) is 19.2 Å². The van der Waals surface area contributed by atoms with Crippen molar-refractivity contribution in [2.75, 3.05) is 0 Å². The van der Waals surface area contributed by atoms with Gasteiger partial charge in [0.15, 0.2) is 0 Å². The zero-order chi connectivity index (χ0) is 24.7. The number of ether oxygens (including phenoxy) is 4. The van der Waals surface area contributed by atoms with Crippen molar-refractivity contribution in [2.24, 2.45) is 0 Å². The van der Waals surface area contributed by atoms with Gasteiger partial charge < -0.3 is 29.6 Å². The van der Waals surface area contributed by atoms with Gasteiger partial charge in [-0.1, -0.05) is 0 Å². The van der Waals surface area contributed by atoms with Crippen LogP contribution in [0.4, 0.5) is 9.59 Å². The van der Waals surface area contributed by atoms with E-state index < -0.39 is 47.4 Å². The lowest BCUT2D eigenvalue weighted by atomic mass is 10.2. The number of alkyl carbamates (subject to hydrolysis) is 2. The van der Waals surface area contributed by atoms with Crippen molar-refractivity contribution in [3.8, 4) is 11.5 Å². The summed E-state index contributed by atoms with van der Waals surface area (Å²) in [4.78, 5) is 47.8. The second kappa shape index (κ2) is 10.8. The van der Waals surface area contributed by atoms with Crippen LogP contribution in [0.15, 0.2) is 24.3 Å². The van der Waals surface area contributed by atoms with Crippen LogP contribution in [-0.4, -0.2) is 47.4 Å². The Bertz CT molecular complexity index is 753. The zero-order valence-electron chi connectivity index (χ0n) is 19.7. The number of esters is 2. The topological polar surface area (TPSA) is 129 Å². The minimum atomic E-state index is -0.942. The van der Waals surface area contributed by atoms with Gasteiger partial charge >= 0.3 is 24.1 Å². The Balaban J connectivity index is 2.56. The fraction of sp³-hybridized carbons (Fsp3) is 0.545. The first-order chi connectivity index (χ1) is 14.6. The molecule has 2 atom stereocenters. The molecule has 2 N–H and O–H groups in total. The Labute approximate surface area is 187 Å². The molecule has 0 fully saturated rings. The molecule has 1 aromatic carbocycles. The van der Waals surface area contributed by atoms with Gasteiger partial charge in [0.05, 0.1) is 0 Å². The molecule has 10 heteroatoms. The van der Waals surface area contributed by atoms with Crippen LogP contribution in [0.1, 0.15) is 55.4 Å². The summed E-state index contributed by atoms with van der Waals surface area (Å²) in [7, 11) is 0. The number of hydrogen-bond acceptors (Lipinski definition) is 8. The summed E-state index contributed by atoms with van der Waals surface area (Å²) in [6, 6.07) is 3.81. The summed E-state index contributed by atoms with van der Waals surface area (Å²) in [6.07, 6.45) is -1.48. The monoisotopic (exact) mass is 452 g/mol. The van der Waals surface area contributed by atoms with Crippen LogP contribution < -0.4 is 20.1 Å². The molecule has 2 unspecified atom stereocenters. The molecule has 1 aromatic rings. The number of hydrogen-bond donors (Lipinski definition) is 2. The van der Waals surface area contributed by atoms with Crippen LogP contribution in [-0.2, 0) is 19.1 Å². The molecule has 0 spiro atoms. The van der Waals surface area contributed by atoms with Crippen molar-refractivity contribution >= 4 is 24.1 Å². The Morgan fingerprint density at radius 2 is 0.938 bits per heavy atom. The number of carbonyl (C=O) groups is 4. The smallest absolute Gasteiger partial charge is 0.408 e. The van der Waals surface area contributed by atoms with E-state index in [1.807, 2.05) is 0 Å². The highest BCUT2D eigenvalue weighted by Gasteiger charge is 2.24. The highest BCUT2D eigenvalue weighted by Crippen LogP contribution is 2.19. The third-order valence-electron chi connectivity index (χ3n) is 3.43. The van der Waals surface area contributed by atoms with Crippen LogP contribution in [0, 0.1) is 0 Å². The number of amides is 2. The normalized spacial score (nSPS) is 13.2. The minimum Gasteiger partial charge on any atom is -0.444 e. The average Bonchev–Trinajstić information content (AvgIpc) is 2.59. The van der Waals surface area contributed by atoms with Crippen molar-refractivity contribution in [3.63, 3.8) is 0 Å². The molecule has 0 saturated carbocycles. The van der Waals surface area contributed by atoms with E-state index in [2.05, 4.69) is 10.6 Å². The van der Waals surface area contributed by atoms with Crippen molar-refractivity contribution in [3.05, 3.63) is 24.3 Å². The number of carbonyl (C=O) groups excluding carboxylic acids is 4. The van der Waals surface area contributed by atoms with Gasteiger partial charge in [-0.05, 0) is 79.7 Å². The van der Waals surface area contributed by atoms with Crippen LogP contribution in [0.25, 0.3) is 0 Å². The average molecular weight is 453 g/mol. The molecule has 0 aromatic heterocycles. The lowest BCUT2D eigenvalue weighted by Crippen LogP contribution is -2.43. The summed E-state index contributed by atoms with van der Waals surface area (Å²) < 4.78 is 20.6. The van der Waals surface area contributed by atoms with Gasteiger partial charge in [-0.2, -0.15) is 0 Å². The second-order valence-corrected chi connectivity index (χ2v) is 9.05. The summed E-state index contributed by atoms with van der Waals surface area (Å²) in [5.41, 5.74) is -1.39. The van der Waals surface area contributed by atoms with Gasteiger partial charge in [0.2, 0.25) is 0 Å². The maximum Gasteiger partial charge on any atom is 0.408 e. The van der Waals surface area contributed by atoms with Gasteiger partial charge in [-0.3, -0.25) is 0 Å². The highest BCUT2D eigenvalue weighted by molar-refractivity contribution is 5.83. The quantitative estimate of drug-likeness (QED) is 0.497. The van der Waals surface area contributed by atoms with Gasteiger partial charge in [0.1, 0.15) is 34.8 Å². The molecule has 1 rings (SSSR count). The lowest BCUT2D eigenvalue weighted by Gasteiger charge is -2.21. The summed E-state index contributed by atoms with van der Waals surface area (Å²) >= 11 is 0. The zero-order valence-corrected chi connectivity index (χ0v) is 19.7. The molecule has 0 heterocycles. The standard InChI is InChI=1S/C22H32N2O8/c1-13(23-19(27)31-21(3,4)5)17(25)29-15-9-11-16(12-10-15)30-18(26)14(2)24-20(28)32-22(6,7)8/h9-14H,1-8H3,(H,23,27)(H,24,28). The van der Waals surface area contributed by atoms with E-state index in [0.29, 0.717) is 0 Å². The van der Waals surface area contributed by atoms with Crippen molar-refractivity contribution < 1.29 is 38.1 Å². The van der Waals surface area contributed by atoms with Crippen LogP contribution in [0.5, 0.6) is 11.5 Å². The molecule has 32 heavy (non-hydrogen) atoms. The van der Waals surface area contributed by atoms with Gasteiger partial charge in [0.25, 0.3) is 0 Å². The van der Waals surface area contributed by atoms with Gasteiger partial charge in [-0.15, -0.1) is 0 Å². The molecule has 2 amide bonds. The Morgan fingerprint density at radius 1 is 0.656 bits per heavy atom. The SMILES string of the molecule is CC(NC(=O)OC(C)(C)C)C(=O)Oc1ccc(OC(=O)C(C)NC(=O)OC(C)(C)C)cc1. The van der Waals surface area contributed by atoms with Crippen molar-refractivity contribution in [1.82, 2.24) is 10.6 Å². The fourth-order valence-electron chi connectivity index (χ4n) is 2.07. The van der Waals surface area contributed by atoms with E-state index in [1.165, 1.54) is 38.1 Å². The molecule has 0 aliphatic rings. The predicted molar refractivity (Wildman–Crippen MR) is 115 cm³/mol. The maximum atomic E-state index is 12.1. The summed E-state index contributed by atoms with van der Waals surface area (Å²) in [5, 5.41) is 4.77. The molecule has 0 bridgehead atoms. The lowest BCUT2D eigenvalue weighted by molar-refractivity contribution is -0.137. The molecular weight excluding hydrogens is 420 g/mol. The van der Waals surface area contributed by atoms with E-state index in [4.69, 9.17) is 18.9 Å². The Morgan fingerprint density at radius 3 is 1.19 bits per heavy atom. The van der Waals surface area contributed by atoms with Crippen LogP contribution >= 0.6 is 0 Å². The first-order valence-electron chi connectivity index (χ1n) is 10.1. The largest absolute Gasteiger partial charge is 0.444 e.